The number of hydrogen-bond donors (Lipinski definition) is 1. The van der Waals surface area contributed by atoms with Crippen molar-refractivity contribution < 1.29 is 46.3 Å². The van der Waals surface area contributed by atoms with Crippen LogP contribution in [0.5, 0.6) is 23.0 Å². The molecule has 11 heteroatoms. The van der Waals surface area contributed by atoms with Gasteiger partial charge in [0.15, 0.2) is 5.60 Å². The van der Waals surface area contributed by atoms with Crippen LogP contribution >= 0.6 is 0 Å². The molecule has 2 aliphatic heterocycles. The molecule has 1 spiro atoms. The normalized spacial score (nSPS) is 14.8. The van der Waals surface area contributed by atoms with Crippen LogP contribution in [0.3, 0.4) is 0 Å². The molecule has 0 aromatic heterocycles. The summed E-state index contributed by atoms with van der Waals surface area (Å²) in [5.41, 5.74) is -1.55. The summed E-state index contributed by atoms with van der Waals surface area (Å²) in [4.78, 5) is 35.4. The van der Waals surface area contributed by atoms with Gasteiger partial charge >= 0.3 is 17.9 Å². The van der Waals surface area contributed by atoms with Gasteiger partial charge in [0.1, 0.15) is 27.9 Å². The molecule has 3 aromatic rings. The van der Waals surface area contributed by atoms with Crippen molar-refractivity contribution in [1.29, 1.82) is 0 Å². The lowest BCUT2D eigenvalue weighted by Crippen LogP contribution is -2.34. The van der Waals surface area contributed by atoms with Gasteiger partial charge in [-0.2, -0.15) is 8.42 Å². The van der Waals surface area contributed by atoms with E-state index in [1.807, 2.05) is 0 Å². The molecule has 35 heavy (non-hydrogen) atoms. The van der Waals surface area contributed by atoms with E-state index in [-0.39, 0.29) is 45.3 Å². The van der Waals surface area contributed by atoms with Crippen LogP contribution in [0.25, 0.3) is 0 Å². The molecule has 0 aliphatic carbocycles. The fraction of sp³-hybridized carbons (Fsp3) is 0.125. The Kier molecular flexibility index (Phi) is 4.93. The molecule has 0 saturated heterocycles. The van der Waals surface area contributed by atoms with Gasteiger partial charge in [-0.3, -0.25) is 14.1 Å². The molecule has 2 aliphatic rings. The summed E-state index contributed by atoms with van der Waals surface area (Å²) in [6.07, 6.45) is 0. The molecule has 0 bridgehead atoms. The van der Waals surface area contributed by atoms with Crippen molar-refractivity contribution in [1.82, 2.24) is 0 Å². The lowest BCUT2D eigenvalue weighted by molar-refractivity contribution is -0.132. The van der Waals surface area contributed by atoms with Gasteiger partial charge < -0.3 is 18.9 Å². The molecule has 1 N–H and O–H groups in total. The maximum Gasteiger partial charge on any atom is 0.340 e. The summed E-state index contributed by atoms with van der Waals surface area (Å²) in [5.74, 6) is -1.57. The Morgan fingerprint density at radius 2 is 1.43 bits per heavy atom. The average Bonchev–Trinajstić information content (AvgIpc) is 3.05. The van der Waals surface area contributed by atoms with E-state index in [0.717, 1.165) is 6.07 Å². The number of benzene rings is 3. The summed E-state index contributed by atoms with van der Waals surface area (Å²) >= 11 is 0. The molecular weight excluding hydrogens is 480 g/mol. The monoisotopic (exact) mass is 496 g/mol. The summed E-state index contributed by atoms with van der Waals surface area (Å²) in [5, 5.41) is 0. The van der Waals surface area contributed by atoms with Crippen molar-refractivity contribution in [2.75, 3.05) is 0 Å². The largest absolute Gasteiger partial charge is 0.456 e. The van der Waals surface area contributed by atoms with Gasteiger partial charge in [-0.1, -0.05) is 6.07 Å². The Labute approximate surface area is 198 Å². The zero-order valence-corrected chi connectivity index (χ0v) is 19.0. The first kappa shape index (κ1) is 22.6. The molecule has 0 saturated carbocycles. The Hall–Kier alpha value is -4.22. The van der Waals surface area contributed by atoms with Crippen molar-refractivity contribution in [2.45, 2.75) is 24.3 Å². The van der Waals surface area contributed by atoms with Crippen molar-refractivity contribution in [3.8, 4) is 23.0 Å². The molecule has 0 fully saturated rings. The van der Waals surface area contributed by atoms with Crippen LogP contribution in [0.1, 0.15) is 40.9 Å². The van der Waals surface area contributed by atoms with E-state index in [2.05, 4.69) is 0 Å². The van der Waals surface area contributed by atoms with Crippen LogP contribution in [-0.2, 0) is 30.0 Å². The van der Waals surface area contributed by atoms with Crippen molar-refractivity contribution in [3.05, 3.63) is 76.9 Å². The highest BCUT2D eigenvalue weighted by atomic mass is 32.2. The van der Waals surface area contributed by atoms with E-state index in [9.17, 15) is 27.4 Å². The van der Waals surface area contributed by atoms with E-state index in [1.54, 1.807) is 0 Å². The van der Waals surface area contributed by atoms with E-state index >= 15 is 0 Å². The van der Waals surface area contributed by atoms with Crippen molar-refractivity contribution in [3.63, 3.8) is 0 Å². The third-order valence-electron chi connectivity index (χ3n) is 5.53. The van der Waals surface area contributed by atoms with Crippen LogP contribution in [0.2, 0.25) is 0 Å². The van der Waals surface area contributed by atoms with E-state index < -0.39 is 38.5 Å². The summed E-state index contributed by atoms with van der Waals surface area (Å²) in [6, 6.07) is 12.4. The summed E-state index contributed by atoms with van der Waals surface area (Å²) in [7, 11) is -4.79. The highest BCUT2D eigenvalue weighted by molar-refractivity contribution is 7.85. The Morgan fingerprint density at radius 3 is 1.91 bits per heavy atom. The number of esters is 3. The second-order valence-electron chi connectivity index (χ2n) is 7.83. The van der Waals surface area contributed by atoms with Gasteiger partial charge in [0, 0.05) is 42.7 Å². The molecule has 3 aromatic carbocycles. The van der Waals surface area contributed by atoms with Gasteiger partial charge in [-0.15, -0.1) is 0 Å². The molecule has 5 rings (SSSR count). The summed E-state index contributed by atoms with van der Waals surface area (Å²) < 4.78 is 56.8. The SMILES string of the molecule is CC(=O)Oc1ccc2c(c1)Oc1cc(OC(C)=O)ccc1C21OC(=O)c2cccc(S(=O)(=O)O)c21. The topological polar surface area (TPSA) is 142 Å². The quantitative estimate of drug-likeness (QED) is 0.326. The van der Waals surface area contributed by atoms with E-state index in [4.69, 9.17) is 18.9 Å². The van der Waals surface area contributed by atoms with E-state index in [0.29, 0.717) is 0 Å². The Morgan fingerprint density at radius 1 is 0.886 bits per heavy atom. The highest BCUT2D eigenvalue weighted by Crippen LogP contribution is 2.58. The minimum absolute atomic E-state index is 0.0629. The number of carbonyl (C=O) groups excluding carboxylic acids is 3. The van der Waals surface area contributed by atoms with Crippen LogP contribution in [-0.4, -0.2) is 30.9 Å². The molecule has 178 valence electrons. The van der Waals surface area contributed by atoms with Gasteiger partial charge in [0.25, 0.3) is 10.1 Å². The van der Waals surface area contributed by atoms with Crippen LogP contribution in [0, 0.1) is 0 Å². The lowest BCUT2D eigenvalue weighted by Gasteiger charge is -2.37. The van der Waals surface area contributed by atoms with Gasteiger partial charge in [0.05, 0.1) is 5.56 Å². The molecular formula is C24H16O10S. The molecule has 0 atom stereocenters. The molecule has 0 amide bonds. The predicted octanol–water partition coefficient (Wildman–Crippen LogP) is 3.35. The first-order valence-electron chi connectivity index (χ1n) is 10.2. The lowest BCUT2D eigenvalue weighted by atomic mass is 9.77. The molecule has 0 radical (unpaired) electrons. The first-order valence-corrected chi connectivity index (χ1v) is 11.6. The smallest absolute Gasteiger partial charge is 0.340 e. The van der Waals surface area contributed by atoms with Crippen molar-refractivity contribution >= 4 is 28.0 Å². The standard InChI is InChI=1S/C24H16O10S/c1-12(25)31-14-6-8-17-19(10-14)33-20-11-15(32-13(2)26)7-9-18(20)24(17)22-16(23(27)34-24)4-3-5-21(22)35(28,29)30/h3-11H,1-2H3,(H,28,29,30). The molecule has 2 heterocycles. The second-order valence-corrected chi connectivity index (χ2v) is 9.22. The minimum Gasteiger partial charge on any atom is -0.456 e. The maximum atomic E-state index is 13.0. The number of ether oxygens (including phenoxy) is 4. The predicted molar refractivity (Wildman–Crippen MR) is 117 cm³/mol. The Balaban J connectivity index is 1.86. The fourth-order valence-corrected chi connectivity index (χ4v) is 5.14. The van der Waals surface area contributed by atoms with Gasteiger partial charge in [-0.05, 0) is 36.4 Å². The maximum absolute atomic E-state index is 13.0. The zero-order valence-electron chi connectivity index (χ0n) is 18.2. The number of rotatable bonds is 3. The minimum atomic E-state index is -4.79. The number of hydrogen-bond acceptors (Lipinski definition) is 9. The van der Waals surface area contributed by atoms with Crippen molar-refractivity contribution in [2.24, 2.45) is 0 Å². The average molecular weight is 496 g/mol. The fourth-order valence-electron chi connectivity index (χ4n) is 4.38. The van der Waals surface area contributed by atoms with Gasteiger partial charge in [0.2, 0.25) is 0 Å². The number of carbonyl (C=O) groups is 3. The van der Waals surface area contributed by atoms with E-state index in [1.165, 1.54) is 62.4 Å². The third-order valence-corrected chi connectivity index (χ3v) is 6.43. The molecule has 0 unspecified atom stereocenters. The van der Waals surface area contributed by atoms with Crippen LogP contribution in [0.15, 0.2) is 59.5 Å². The van der Waals surface area contributed by atoms with Crippen LogP contribution in [0.4, 0.5) is 0 Å². The van der Waals surface area contributed by atoms with Gasteiger partial charge in [-0.25, -0.2) is 4.79 Å². The number of fused-ring (bicyclic) bond motifs is 6. The molecule has 10 nitrogen and oxygen atoms in total. The first-order chi connectivity index (χ1) is 16.5. The second kappa shape index (κ2) is 7.65. The highest BCUT2D eigenvalue weighted by Gasteiger charge is 2.56. The Bertz CT molecular complexity index is 1490. The third kappa shape index (κ3) is 3.52. The van der Waals surface area contributed by atoms with Crippen LogP contribution < -0.4 is 14.2 Å². The zero-order chi connectivity index (χ0) is 25.1. The summed E-state index contributed by atoms with van der Waals surface area (Å²) in [6.45, 7) is 2.44.